The first kappa shape index (κ1) is 8.11. The lowest BCUT2D eigenvalue weighted by molar-refractivity contribution is 0.708. The number of hydrogen-bond acceptors (Lipinski definition) is 5. The second-order valence-electron chi connectivity index (χ2n) is 2.63. The summed E-state index contributed by atoms with van der Waals surface area (Å²) in [6, 6.07) is 0. The van der Waals surface area contributed by atoms with E-state index in [1.165, 1.54) is 11.6 Å². The van der Waals surface area contributed by atoms with E-state index < -0.39 is 0 Å². The zero-order valence-corrected chi connectivity index (χ0v) is 7.83. The Morgan fingerprint density at radius 2 is 1.92 bits per heavy atom. The van der Waals surface area contributed by atoms with E-state index in [9.17, 15) is 9.59 Å². The minimum Gasteiger partial charge on any atom is -0.278 e. The molecule has 0 bridgehead atoms. The Morgan fingerprint density at radius 3 is 2.62 bits per heavy atom. The molecule has 7 heteroatoms. The van der Waals surface area contributed by atoms with Gasteiger partial charge in [0.25, 0.3) is 5.56 Å². The number of fused-ring (bicyclic) bond motifs is 1. The molecule has 0 N–H and O–H groups in total. The minimum absolute atomic E-state index is 0.340. The van der Waals surface area contributed by atoms with Gasteiger partial charge in [0.15, 0.2) is 10.3 Å². The van der Waals surface area contributed by atoms with Gasteiger partial charge in [-0.2, -0.15) is 0 Å². The Labute approximate surface area is 76.2 Å². The van der Waals surface area contributed by atoms with E-state index in [1.807, 2.05) is 0 Å². The molecule has 0 unspecified atom stereocenters. The van der Waals surface area contributed by atoms with E-state index in [-0.39, 0.29) is 11.2 Å². The van der Waals surface area contributed by atoms with Crippen LogP contribution in [-0.4, -0.2) is 18.7 Å². The molecule has 0 aliphatic rings. The molecule has 2 aromatic heterocycles. The molecule has 0 saturated carbocycles. The number of hydrogen-bond donors (Lipinski definition) is 0. The van der Waals surface area contributed by atoms with Crippen LogP contribution in [0.4, 0.5) is 0 Å². The van der Waals surface area contributed by atoms with Crippen molar-refractivity contribution >= 4 is 21.9 Å². The summed E-state index contributed by atoms with van der Waals surface area (Å²) >= 11 is 0.997. The lowest BCUT2D eigenvalue weighted by Gasteiger charge is -1.99. The summed E-state index contributed by atoms with van der Waals surface area (Å²) in [5.41, 5.74) is -0.378. The number of aromatic nitrogens is 4. The van der Waals surface area contributed by atoms with Gasteiger partial charge in [-0.3, -0.25) is 13.9 Å². The fourth-order valence-corrected chi connectivity index (χ4v) is 1.77. The maximum atomic E-state index is 11.4. The van der Waals surface area contributed by atoms with Crippen molar-refractivity contribution < 1.29 is 0 Å². The largest absolute Gasteiger partial charge is 0.332 e. The van der Waals surface area contributed by atoms with Gasteiger partial charge < -0.3 is 0 Å². The van der Waals surface area contributed by atoms with Crippen LogP contribution in [0.3, 0.4) is 0 Å². The maximum Gasteiger partial charge on any atom is 0.332 e. The molecule has 0 fully saturated rings. The van der Waals surface area contributed by atoms with Crippen molar-refractivity contribution in [3.05, 3.63) is 20.8 Å². The van der Waals surface area contributed by atoms with E-state index in [0.29, 0.717) is 10.3 Å². The molecule has 2 rings (SSSR count). The highest BCUT2D eigenvalue weighted by Gasteiger charge is 2.10. The molecular formula is C6H6N4O2S. The molecule has 2 aromatic rings. The molecule has 0 spiro atoms. The van der Waals surface area contributed by atoms with E-state index >= 15 is 0 Å². The second kappa shape index (κ2) is 2.49. The Balaban J connectivity index is 3.21. The van der Waals surface area contributed by atoms with Crippen molar-refractivity contribution in [3.8, 4) is 0 Å². The summed E-state index contributed by atoms with van der Waals surface area (Å²) in [5.74, 6) is 0. The predicted molar refractivity (Wildman–Crippen MR) is 47.9 cm³/mol. The average Bonchev–Trinajstić information content (AvgIpc) is 2.59. The second-order valence-corrected chi connectivity index (χ2v) is 3.39. The van der Waals surface area contributed by atoms with Crippen molar-refractivity contribution in [2.75, 3.05) is 0 Å². The van der Waals surface area contributed by atoms with E-state index in [1.54, 1.807) is 7.05 Å². The molecular weight excluding hydrogens is 192 g/mol. The van der Waals surface area contributed by atoms with Crippen LogP contribution in [0.2, 0.25) is 0 Å². The minimum atomic E-state index is -0.384. The molecule has 0 saturated heterocycles. The normalized spacial score (nSPS) is 10.9. The number of rotatable bonds is 0. The lowest BCUT2D eigenvalue weighted by Crippen LogP contribution is -2.36. The third-order valence-electron chi connectivity index (χ3n) is 1.86. The molecule has 0 aliphatic heterocycles. The average molecular weight is 198 g/mol. The van der Waals surface area contributed by atoms with Gasteiger partial charge in [0.05, 0.1) is 0 Å². The summed E-state index contributed by atoms with van der Waals surface area (Å²) in [5, 5.41) is 3.70. The van der Waals surface area contributed by atoms with Gasteiger partial charge in [-0.05, 0) is 11.5 Å². The fourth-order valence-electron chi connectivity index (χ4n) is 1.10. The monoisotopic (exact) mass is 198 g/mol. The third-order valence-corrected chi connectivity index (χ3v) is 2.56. The van der Waals surface area contributed by atoms with Crippen molar-refractivity contribution in [2.24, 2.45) is 14.1 Å². The molecule has 6 nitrogen and oxygen atoms in total. The number of nitrogens with zero attached hydrogens (tertiary/aromatic N) is 4. The van der Waals surface area contributed by atoms with Crippen molar-refractivity contribution in [1.29, 1.82) is 0 Å². The fraction of sp³-hybridized carbons (Fsp3) is 0.333. The van der Waals surface area contributed by atoms with Crippen molar-refractivity contribution in [1.82, 2.24) is 18.7 Å². The number of aryl methyl sites for hydroxylation is 1. The summed E-state index contributed by atoms with van der Waals surface area (Å²) in [4.78, 5) is 22.8. The SMILES string of the molecule is Cn1c(=O)c2snnc2n(C)c1=O. The standard InChI is InChI=1S/C6H6N4O2S/c1-9-4-3(13-8-7-4)5(11)10(2)6(9)12/h1-2H3. The molecule has 0 amide bonds. The van der Waals surface area contributed by atoms with Gasteiger partial charge in [0, 0.05) is 14.1 Å². The maximum absolute atomic E-state index is 11.4. The Hall–Kier alpha value is -1.50. The highest BCUT2D eigenvalue weighted by molar-refractivity contribution is 7.12. The summed E-state index contributed by atoms with van der Waals surface area (Å²) < 4.78 is 6.38. The van der Waals surface area contributed by atoms with Crippen LogP contribution < -0.4 is 11.2 Å². The molecule has 0 aliphatic carbocycles. The summed E-state index contributed by atoms with van der Waals surface area (Å²) in [6.45, 7) is 0. The third kappa shape index (κ3) is 0.934. The predicted octanol–water partition coefficient (Wildman–Crippen LogP) is -0.911. The molecule has 0 radical (unpaired) electrons. The van der Waals surface area contributed by atoms with Crippen LogP contribution in [0.25, 0.3) is 10.3 Å². The first-order chi connectivity index (χ1) is 6.13. The highest BCUT2D eigenvalue weighted by Crippen LogP contribution is 2.05. The van der Waals surface area contributed by atoms with Crippen molar-refractivity contribution in [3.63, 3.8) is 0 Å². The van der Waals surface area contributed by atoms with Gasteiger partial charge in [-0.15, -0.1) is 5.10 Å². The van der Waals surface area contributed by atoms with Crippen molar-refractivity contribution in [2.45, 2.75) is 0 Å². The van der Waals surface area contributed by atoms with Crippen LogP contribution in [0, 0.1) is 0 Å². The Morgan fingerprint density at radius 1 is 1.23 bits per heavy atom. The molecule has 2 heterocycles. The Kier molecular flexibility index (Phi) is 1.56. The molecule has 68 valence electrons. The topological polar surface area (TPSA) is 69.8 Å². The smallest absolute Gasteiger partial charge is 0.278 e. The van der Waals surface area contributed by atoms with Crippen LogP contribution >= 0.6 is 11.5 Å². The zero-order valence-electron chi connectivity index (χ0n) is 7.01. The van der Waals surface area contributed by atoms with E-state index in [2.05, 4.69) is 9.59 Å². The summed E-state index contributed by atoms with van der Waals surface area (Å²) in [6.07, 6.45) is 0. The highest BCUT2D eigenvalue weighted by atomic mass is 32.1. The van der Waals surface area contributed by atoms with Crippen LogP contribution in [0.15, 0.2) is 9.59 Å². The first-order valence-electron chi connectivity index (χ1n) is 3.51. The molecule has 0 aromatic carbocycles. The first-order valence-corrected chi connectivity index (χ1v) is 4.28. The van der Waals surface area contributed by atoms with Crippen LogP contribution in [0.5, 0.6) is 0 Å². The summed E-state index contributed by atoms with van der Waals surface area (Å²) in [7, 11) is 3.00. The molecule has 0 atom stereocenters. The molecule has 13 heavy (non-hydrogen) atoms. The van der Waals surface area contributed by atoms with E-state index in [0.717, 1.165) is 16.1 Å². The Bertz CT molecular complexity index is 578. The van der Waals surface area contributed by atoms with E-state index in [4.69, 9.17) is 0 Å². The van der Waals surface area contributed by atoms with Gasteiger partial charge in [-0.25, -0.2) is 4.79 Å². The van der Waals surface area contributed by atoms with Gasteiger partial charge >= 0.3 is 5.69 Å². The quantitative estimate of drug-likeness (QED) is 0.549. The van der Waals surface area contributed by atoms with Crippen LogP contribution in [0.1, 0.15) is 0 Å². The van der Waals surface area contributed by atoms with Gasteiger partial charge in [0.2, 0.25) is 0 Å². The van der Waals surface area contributed by atoms with Gasteiger partial charge in [0.1, 0.15) is 0 Å². The zero-order chi connectivity index (χ0) is 9.59. The van der Waals surface area contributed by atoms with Gasteiger partial charge in [-0.1, -0.05) is 4.49 Å². The lowest BCUT2D eigenvalue weighted by atomic mass is 10.6. The van der Waals surface area contributed by atoms with Crippen LogP contribution in [-0.2, 0) is 14.1 Å².